The summed E-state index contributed by atoms with van der Waals surface area (Å²) in [5.41, 5.74) is 5.75. The van der Waals surface area contributed by atoms with Gasteiger partial charge in [0.1, 0.15) is 5.01 Å². The summed E-state index contributed by atoms with van der Waals surface area (Å²) in [7, 11) is 4.22. The highest BCUT2D eigenvalue weighted by molar-refractivity contribution is 7.11. The number of thiazole rings is 1. The van der Waals surface area contributed by atoms with Crippen LogP contribution in [-0.4, -0.2) is 60.0 Å². The lowest BCUT2D eigenvalue weighted by Crippen LogP contribution is -2.47. The molecule has 5 heteroatoms. The summed E-state index contributed by atoms with van der Waals surface area (Å²) < 4.78 is 0. The Balaban J connectivity index is 1.27. The number of hydrogen-bond donors (Lipinski definition) is 0. The molecule has 1 aliphatic heterocycles. The topological polar surface area (TPSA) is 22.6 Å². The van der Waals surface area contributed by atoms with Crippen LogP contribution in [0.1, 0.15) is 27.1 Å². The van der Waals surface area contributed by atoms with Crippen molar-refractivity contribution in [2.75, 3.05) is 40.3 Å². The zero-order valence-corrected chi connectivity index (χ0v) is 18.0. The van der Waals surface area contributed by atoms with E-state index >= 15 is 0 Å². The van der Waals surface area contributed by atoms with E-state index in [4.69, 9.17) is 0 Å². The normalized spacial score (nSPS) is 17.6. The van der Waals surface area contributed by atoms with E-state index in [1.165, 1.54) is 32.1 Å². The second-order valence-corrected chi connectivity index (χ2v) is 9.55. The van der Waals surface area contributed by atoms with Crippen molar-refractivity contribution in [2.24, 2.45) is 0 Å². The molecule has 2 aromatic carbocycles. The van der Waals surface area contributed by atoms with Crippen LogP contribution < -0.4 is 0 Å². The quantitative estimate of drug-likeness (QED) is 0.639. The molecule has 150 valence electrons. The second-order valence-electron chi connectivity index (χ2n) is 8.35. The Morgan fingerprint density at radius 2 is 1.55 bits per heavy atom. The first-order valence-corrected chi connectivity index (χ1v) is 11.2. The lowest BCUT2D eigenvalue weighted by molar-refractivity contribution is 0.106. The fourth-order valence-electron chi connectivity index (χ4n) is 4.70. The van der Waals surface area contributed by atoms with Gasteiger partial charge in [0.2, 0.25) is 0 Å². The third kappa shape index (κ3) is 3.76. The highest BCUT2D eigenvalue weighted by atomic mass is 32.1. The molecule has 2 aliphatic rings. The van der Waals surface area contributed by atoms with Gasteiger partial charge < -0.3 is 4.90 Å². The average Bonchev–Trinajstić information content (AvgIpc) is 3.30. The molecule has 1 fully saturated rings. The molecule has 0 atom stereocenters. The van der Waals surface area contributed by atoms with Gasteiger partial charge in [-0.2, -0.15) is 0 Å². The van der Waals surface area contributed by atoms with Crippen molar-refractivity contribution in [3.8, 4) is 11.1 Å². The summed E-state index contributed by atoms with van der Waals surface area (Å²) in [5, 5.41) is 1.24. The average molecular weight is 405 g/mol. The van der Waals surface area contributed by atoms with E-state index in [1.807, 2.05) is 17.5 Å². The molecule has 0 unspecified atom stereocenters. The van der Waals surface area contributed by atoms with E-state index in [-0.39, 0.29) is 0 Å². The van der Waals surface area contributed by atoms with Gasteiger partial charge in [-0.15, -0.1) is 11.3 Å². The van der Waals surface area contributed by atoms with Crippen LogP contribution in [0.15, 0.2) is 54.7 Å². The largest absolute Gasteiger partial charge is 0.304 e. The molecule has 3 aromatic rings. The third-order valence-corrected chi connectivity index (χ3v) is 6.97. The number of aromatic nitrogens is 1. The predicted molar refractivity (Wildman–Crippen MR) is 120 cm³/mol. The van der Waals surface area contributed by atoms with E-state index in [0.717, 1.165) is 39.3 Å². The molecule has 0 amide bonds. The first-order chi connectivity index (χ1) is 14.2. The van der Waals surface area contributed by atoms with E-state index in [0.29, 0.717) is 6.04 Å². The van der Waals surface area contributed by atoms with Gasteiger partial charge in [0, 0.05) is 43.8 Å². The first-order valence-electron chi connectivity index (χ1n) is 10.4. The zero-order chi connectivity index (χ0) is 19.8. The van der Waals surface area contributed by atoms with Crippen LogP contribution >= 0.6 is 11.3 Å². The van der Waals surface area contributed by atoms with Gasteiger partial charge in [0.25, 0.3) is 0 Å². The van der Waals surface area contributed by atoms with Crippen LogP contribution in [0.5, 0.6) is 0 Å². The molecular formula is C24H28N4S. The van der Waals surface area contributed by atoms with Crippen molar-refractivity contribution in [3.63, 3.8) is 0 Å². The summed E-state index contributed by atoms with van der Waals surface area (Å²) in [6, 6.07) is 18.3. The second kappa shape index (κ2) is 8.00. The minimum Gasteiger partial charge on any atom is -0.304 e. The summed E-state index contributed by atoms with van der Waals surface area (Å²) in [4.78, 5) is 13.4. The predicted octanol–water partition coefficient (Wildman–Crippen LogP) is 4.09. The van der Waals surface area contributed by atoms with Gasteiger partial charge in [-0.1, -0.05) is 48.5 Å². The standard InChI is InChI=1S/C24H28N4S/c1-26(2)16-18-15-25-23(29-18)17-27-11-13-28(14-12-27)24-21-9-5-3-7-19(21)20-8-4-6-10-22(20)24/h3-10,15,24H,11-14,16-17H2,1-2H3. The van der Waals surface area contributed by atoms with E-state index < -0.39 is 0 Å². The Morgan fingerprint density at radius 3 is 2.17 bits per heavy atom. The minimum atomic E-state index is 0.399. The number of piperazine rings is 1. The van der Waals surface area contributed by atoms with Crippen LogP contribution in [-0.2, 0) is 13.1 Å². The van der Waals surface area contributed by atoms with Crippen molar-refractivity contribution in [2.45, 2.75) is 19.1 Å². The van der Waals surface area contributed by atoms with Gasteiger partial charge in [-0.05, 0) is 36.3 Å². The lowest BCUT2D eigenvalue weighted by atomic mass is 10.0. The van der Waals surface area contributed by atoms with Crippen molar-refractivity contribution in [1.29, 1.82) is 0 Å². The number of nitrogens with zero attached hydrogens (tertiary/aromatic N) is 4. The van der Waals surface area contributed by atoms with E-state index in [9.17, 15) is 0 Å². The molecule has 2 heterocycles. The van der Waals surface area contributed by atoms with Crippen molar-refractivity contribution >= 4 is 11.3 Å². The minimum absolute atomic E-state index is 0.399. The Kier molecular flexibility index (Phi) is 5.22. The molecular weight excluding hydrogens is 376 g/mol. The zero-order valence-electron chi connectivity index (χ0n) is 17.2. The Hall–Kier alpha value is -2.05. The van der Waals surface area contributed by atoms with Gasteiger partial charge in [0.05, 0.1) is 12.6 Å². The molecule has 1 aromatic heterocycles. The van der Waals surface area contributed by atoms with Gasteiger partial charge in [-0.25, -0.2) is 4.98 Å². The van der Waals surface area contributed by atoms with E-state index in [2.05, 4.69) is 82.3 Å². The third-order valence-electron chi connectivity index (χ3n) is 6.01. The molecule has 4 nitrogen and oxygen atoms in total. The SMILES string of the molecule is CN(C)Cc1cnc(CN2CCN(C3c4ccccc4-c4ccccc43)CC2)s1. The smallest absolute Gasteiger partial charge is 0.107 e. The molecule has 0 spiro atoms. The maximum Gasteiger partial charge on any atom is 0.107 e. The van der Waals surface area contributed by atoms with Crippen LogP contribution in [0.2, 0.25) is 0 Å². The summed E-state index contributed by atoms with van der Waals surface area (Å²) >= 11 is 1.85. The molecule has 29 heavy (non-hydrogen) atoms. The number of rotatable bonds is 5. The lowest BCUT2D eigenvalue weighted by Gasteiger charge is -2.38. The van der Waals surface area contributed by atoms with Gasteiger partial charge in [-0.3, -0.25) is 9.80 Å². The van der Waals surface area contributed by atoms with Gasteiger partial charge >= 0.3 is 0 Å². The molecule has 0 radical (unpaired) electrons. The number of hydrogen-bond acceptors (Lipinski definition) is 5. The highest BCUT2D eigenvalue weighted by Crippen LogP contribution is 2.46. The summed E-state index contributed by atoms with van der Waals surface area (Å²) in [6.45, 7) is 6.36. The van der Waals surface area contributed by atoms with Crippen molar-refractivity contribution in [3.05, 3.63) is 75.7 Å². The molecule has 0 bridgehead atoms. The van der Waals surface area contributed by atoms with Crippen molar-refractivity contribution < 1.29 is 0 Å². The number of fused-ring (bicyclic) bond motifs is 3. The summed E-state index contributed by atoms with van der Waals surface area (Å²) in [5.74, 6) is 0. The Labute approximate surface area is 177 Å². The van der Waals surface area contributed by atoms with Crippen molar-refractivity contribution in [1.82, 2.24) is 19.7 Å². The Bertz CT molecular complexity index is 942. The maximum absolute atomic E-state index is 4.66. The molecule has 1 aliphatic carbocycles. The maximum atomic E-state index is 4.66. The fourth-order valence-corrected chi connectivity index (χ4v) is 5.78. The van der Waals surface area contributed by atoms with Gasteiger partial charge in [0.15, 0.2) is 0 Å². The van der Waals surface area contributed by atoms with Crippen LogP contribution in [0.3, 0.4) is 0 Å². The fraction of sp³-hybridized carbons (Fsp3) is 0.375. The van der Waals surface area contributed by atoms with E-state index in [1.54, 1.807) is 0 Å². The monoisotopic (exact) mass is 404 g/mol. The molecule has 5 rings (SSSR count). The Morgan fingerprint density at radius 1 is 0.931 bits per heavy atom. The highest BCUT2D eigenvalue weighted by Gasteiger charge is 2.34. The van der Waals surface area contributed by atoms with Crippen LogP contribution in [0, 0.1) is 0 Å². The summed E-state index contributed by atoms with van der Waals surface area (Å²) in [6.07, 6.45) is 2.04. The van der Waals surface area contributed by atoms with Crippen LogP contribution in [0.25, 0.3) is 11.1 Å². The molecule has 0 N–H and O–H groups in total. The number of benzene rings is 2. The molecule has 1 saturated heterocycles. The van der Waals surface area contributed by atoms with Crippen LogP contribution in [0.4, 0.5) is 0 Å². The first kappa shape index (κ1) is 18.9. The molecule has 0 saturated carbocycles.